The van der Waals surface area contributed by atoms with Crippen LogP contribution < -0.4 is 0 Å². The first-order valence-corrected chi connectivity index (χ1v) is 8.67. The van der Waals surface area contributed by atoms with E-state index in [4.69, 9.17) is 0 Å². The van der Waals surface area contributed by atoms with Gasteiger partial charge in [-0.2, -0.15) is 0 Å². The molecular weight excluding hydrogens is 270 g/mol. The Morgan fingerprint density at radius 2 is 1.20 bits per heavy atom. The van der Waals surface area contributed by atoms with E-state index >= 15 is 0 Å². The third kappa shape index (κ3) is 10.8. The molecular formula is C16H34NO2S-. The average Bonchev–Trinajstić information content (AvgIpc) is 2.09. The fourth-order valence-corrected chi connectivity index (χ4v) is 3.86. The van der Waals surface area contributed by atoms with Crippen LogP contribution in [0, 0.1) is 22.7 Å². The van der Waals surface area contributed by atoms with Gasteiger partial charge >= 0.3 is 0 Å². The van der Waals surface area contributed by atoms with Crippen molar-refractivity contribution in [1.29, 1.82) is 0 Å². The minimum Gasteiger partial charge on any atom is -0.760 e. The van der Waals surface area contributed by atoms with Gasteiger partial charge in [0.1, 0.15) is 0 Å². The van der Waals surface area contributed by atoms with Gasteiger partial charge in [-0.1, -0.05) is 55.4 Å². The summed E-state index contributed by atoms with van der Waals surface area (Å²) >= 11 is -2.12. The zero-order valence-corrected chi connectivity index (χ0v) is 15.5. The summed E-state index contributed by atoms with van der Waals surface area (Å²) in [7, 11) is 0. The largest absolute Gasteiger partial charge is 0.760 e. The fraction of sp³-hybridized carbons (Fsp3) is 1.00. The van der Waals surface area contributed by atoms with Crippen molar-refractivity contribution in [2.75, 3.05) is 13.1 Å². The molecule has 3 atom stereocenters. The van der Waals surface area contributed by atoms with Crippen LogP contribution in [0.1, 0.15) is 68.2 Å². The third-order valence-corrected chi connectivity index (χ3v) is 3.88. The highest BCUT2D eigenvalue weighted by atomic mass is 32.2. The van der Waals surface area contributed by atoms with E-state index in [0.29, 0.717) is 24.9 Å². The molecule has 0 aromatic carbocycles. The summed E-state index contributed by atoms with van der Waals surface area (Å²) in [5, 5.41) is 0. The summed E-state index contributed by atoms with van der Waals surface area (Å²) in [5.41, 5.74) is 0.485. The minimum absolute atomic E-state index is 0.243. The summed E-state index contributed by atoms with van der Waals surface area (Å²) in [6.07, 6.45) is 2.07. The van der Waals surface area contributed by atoms with E-state index in [1.807, 2.05) is 0 Å². The lowest BCUT2D eigenvalue weighted by Crippen LogP contribution is -2.36. The van der Waals surface area contributed by atoms with Crippen molar-refractivity contribution in [2.24, 2.45) is 22.7 Å². The molecule has 0 heterocycles. The van der Waals surface area contributed by atoms with Gasteiger partial charge in [-0.25, -0.2) is 4.31 Å². The predicted molar refractivity (Wildman–Crippen MR) is 87.0 cm³/mol. The van der Waals surface area contributed by atoms with Crippen LogP contribution in [0.15, 0.2) is 0 Å². The van der Waals surface area contributed by atoms with Gasteiger partial charge in [-0.3, -0.25) is 4.21 Å². The summed E-state index contributed by atoms with van der Waals surface area (Å²) < 4.78 is 24.5. The van der Waals surface area contributed by atoms with Crippen molar-refractivity contribution in [3.8, 4) is 0 Å². The predicted octanol–water partition coefficient (Wildman–Crippen LogP) is 4.23. The Kier molecular flexibility index (Phi) is 7.93. The van der Waals surface area contributed by atoms with Gasteiger partial charge in [-0.15, -0.1) is 0 Å². The van der Waals surface area contributed by atoms with E-state index in [2.05, 4.69) is 55.4 Å². The van der Waals surface area contributed by atoms with Gasteiger partial charge in [0, 0.05) is 24.4 Å². The van der Waals surface area contributed by atoms with Crippen molar-refractivity contribution < 1.29 is 8.76 Å². The number of nitrogens with zero attached hydrogens (tertiary/aromatic N) is 1. The number of rotatable bonds is 7. The van der Waals surface area contributed by atoms with Crippen molar-refractivity contribution >= 4 is 11.3 Å². The molecule has 0 amide bonds. The molecule has 0 saturated carbocycles. The zero-order chi connectivity index (χ0) is 16.1. The lowest BCUT2D eigenvalue weighted by molar-refractivity contribution is 0.223. The van der Waals surface area contributed by atoms with Crippen molar-refractivity contribution in [3.63, 3.8) is 0 Å². The highest BCUT2D eigenvalue weighted by Gasteiger charge is 2.21. The molecule has 0 spiro atoms. The van der Waals surface area contributed by atoms with E-state index in [1.54, 1.807) is 4.31 Å². The second kappa shape index (κ2) is 7.90. The van der Waals surface area contributed by atoms with Crippen LogP contribution >= 0.6 is 0 Å². The Morgan fingerprint density at radius 1 is 0.900 bits per heavy atom. The Morgan fingerprint density at radius 3 is 1.40 bits per heavy atom. The van der Waals surface area contributed by atoms with E-state index in [-0.39, 0.29) is 10.8 Å². The van der Waals surface area contributed by atoms with Crippen molar-refractivity contribution in [2.45, 2.75) is 68.2 Å². The minimum atomic E-state index is -2.12. The molecule has 0 bridgehead atoms. The molecule has 0 aliphatic heterocycles. The summed E-state index contributed by atoms with van der Waals surface area (Å²) in [6.45, 7) is 18.7. The average molecular weight is 305 g/mol. The summed E-state index contributed by atoms with van der Waals surface area (Å²) in [4.78, 5) is 0. The topological polar surface area (TPSA) is 43.4 Å². The van der Waals surface area contributed by atoms with E-state index in [1.165, 1.54) is 0 Å². The molecule has 0 fully saturated rings. The van der Waals surface area contributed by atoms with E-state index in [0.717, 1.165) is 12.8 Å². The molecule has 0 N–H and O–H groups in total. The zero-order valence-electron chi connectivity index (χ0n) is 14.7. The third-order valence-electron chi connectivity index (χ3n) is 3.16. The van der Waals surface area contributed by atoms with Gasteiger partial charge in [0.15, 0.2) is 0 Å². The monoisotopic (exact) mass is 304 g/mol. The maximum absolute atomic E-state index is 11.4. The van der Waals surface area contributed by atoms with Crippen molar-refractivity contribution in [1.82, 2.24) is 4.31 Å². The number of hydrogen-bond acceptors (Lipinski definition) is 2. The summed E-state index contributed by atoms with van der Waals surface area (Å²) in [6, 6.07) is 0. The Bertz CT molecular complexity index is 281. The molecule has 3 nitrogen and oxygen atoms in total. The molecule has 0 saturated heterocycles. The van der Waals surface area contributed by atoms with Gasteiger partial charge in [0.25, 0.3) is 0 Å². The standard InChI is InChI=1S/C16H35NO2S/c1-13(9-15(3,4)5)11-17(20(18)19)12-14(2)10-16(6,7)8/h13-14H,9-12H2,1-8H3,(H,18,19)/p-1. The van der Waals surface area contributed by atoms with Crippen LogP contribution in [0.5, 0.6) is 0 Å². The van der Waals surface area contributed by atoms with Crippen LogP contribution in [0.2, 0.25) is 0 Å². The van der Waals surface area contributed by atoms with Gasteiger partial charge in [-0.05, 0) is 35.5 Å². The molecule has 0 radical (unpaired) electrons. The lowest BCUT2D eigenvalue weighted by atomic mass is 9.84. The first-order valence-electron chi connectivity index (χ1n) is 7.64. The molecule has 0 aromatic rings. The van der Waals surface area contributed by atoms with Crippen LogP contribution in [0.25, 0.3) is 0 Å². The van der Waals surface area contributed by atoms with Crippen LogP contribution in [0.4, 0.5) is 0 Å². The molecule has 0 aliphatic rings. The smallest absolute Gasteiger partial charge is 0.0209 e. The first-order chi connectivity index (χ1) is 8.80. The van der Waals surface area contributed by atoms with Crippen LogP contribution in [-0.4, -0.2) is 26.2 Å². The van der Waals surface area contributed by atoms with Crippen LogP contribution in [-0.2, 0) is 11.3 Å². The SMILES string of the molecule is CC(CN(CC(C)CC(C)(C)C)S(=O)[O-])CC(C)(C)C. The highest BCUT2D eigenvalue weighted by molar-refractivity contribution is 7.76. The molecule has 122 valence electrons. The molecule has 20 heavy (non-hydrogen) atoms. The van der Waals surface area contributed by atoms with Gasteiger partial charge in [0.05, 0.1) is 0 Å². The van der Waals surface area contributed by atoms with E-state index in [9.17, 15) is 8.76 Å². The molecule has 0 aliphatic carbocycles. The maximum Gasteiger partial charge on any atom is 0.0209 e. The second-order valence-corrected chi connectivity index (χ2v) is 9.75. The summed E-state index contributed by atoms with van der Waals surface area (Å²) in [5.74, 6) is 0.768. The number of hydrogen-bond donors (Lipinski definition) is 0. The normalized spacial score (nSPS) is 18.1. The second-order valence-electron chi connectivity index (χ2n) is 8.80. The Labute approximate surface area is 128 Å². The molecule has 4 heteroatoms. The lowest BCUT2D eigenvalue weighted by Gasteiger charge is -2.33. The Hall–Kier alpha value is 0.0700. The van der Waals surface area contributed by atoms with Crippen LogP contribution in [0.3, 0.4) is 0 Å². The van der Waals surface area contributed by atoms with Gasteiger partial charge < -0.3 is 4.55 Å². The first kappa shape index (κ1) is 20.1. The maximum atomic E-state index is 11.4. The molecule has 3 unspecified atom stereocenters. The fourth-order valence-electron chi connectivity index (χ4n) is 3.11. The Balaban J connectivity index is 4.48. The molecule has 0 rings (SSSR count). The van der Waals surface area contributed by atoms with E-state index < -0.39 is 11.3 Å². The quantitative estimate of drug-likeness (QED) is 0.661. The van der Waals surface area contributed by atoms with Gasteiger partial charge in [0.2, 0.25) is 0 Å². The highest BCUT2D eigenvalue weighted by Crippen LogP contribution is 2.27. The molecule has 0 aromatic heterocycles. The van der Waals surface area contributed by atoms with Crippen molar-refractivity contribution in [3.05, 3.63) is 0 Å².